The summed E-state index contributed by atoms with van der Waals surface area (Å²) in [6, 6.07) is 1.79. The monoisotopic (exact) mass is 291 g/mol. The average molecular weight is 292 g/mol. The molecule has 0 aromatic carbocycles. The van der Waals surface area contributed by atoms with Crippen LogP contribution in [0.15, 0.2) is 18.5 Å². The van der Waals surface area contributed by atoms with E-state index in [1.807, 2.05) is 13.2 Å². The van der Waals surface area contributed by atoms with Crippen LogP contribution in [-0.2, 0) is 7.05 Å². The molecule has 0 atom stereocenters. The fourth-order valence-corrected chi connectivity index (χ4v) is 2.70. The highest BCUT2D eigenvalue weighted by Gasteiger charge is 2.15. The van der Waals surface area contributed by atoms with Gasteiger partial charge in [0, 0.05) is 38.0 Å². The third-order valence-corrected chi connectivity index (χ3v) is 3.77. The van der Waals surface area contributed by atoms with E-state index >= 15 is 0 Å². The first-order valence-corrected chi connectivity index (χ1v) is 7.39. The highest BCUT2D eigenvalue weighted by molar-refractivity contribution is 6.29. The molecule has 3 heterocycles. The molecule has 1 fully saturated rings. The Labute approximate surface area is 123 Å². The van der Waals surface area contributed by atoms with Gasteiger partial charge in [-0.05, 0) is 12.8 Å². The molecule has 0 spiro atoms. The fraction of sp³-hybridized carbons (Fsp3) is 0.500. The molecule has 106 valence electrons. The maximum Gasteiger partial charge on any atom is 0.227 e. The van der Waals surface area contributed by atoms with E-state index in [0.29, 0.717) is 5.15 Å². The molecule has 20 heavy (non-hydrogen) atoms. The number of aryl methyl sites for hydroxylation is 1. The van der Waals surface area contributed by atoms with Crippen LogP contribution >= 0.6 is 11.6 Å². The molecule has 3 rings (SSSR count). The van der Waals surface area contributed by atoms with Gasteiger partial charge in [0.25, 0.3) is 0 Å². The number of rotatable bonds is 2. The number of nitrogens with zero attached hydrogens (tertiary/aromatic N) is 5. The van der Waals surface area contributed by atoms with Gasteiger partial charge < -0.3 is 4.90 Å². The highest BCUT2D eigenvalue weighted by atomic mass is 35.5. The van der Waals surface area contributed by atoms with Crippen LogP contribution in [0.5, 0.6) is 0 Å². The van der Waals surface area contributed by atoms with Crippen molar-refractivity contribution in [2.24, 2.45) is 7.05 Å². The van der Waals surface area contributed by atoms with E-state index in [0.717, 1.165) is 30.3 Å². The minimum atomic E-state index is 0.484. The minimum Gasteiger partial charge on any atom is -0.341 e. The highest BCUT2D eigenvalue weighted by Crippen LogP contribution is 2.24. The van der Waals surface area contributed by atoms with Crippen molar-refractivity contribution in [1.82, 2.24) is 19.7 Å². The number of anilines is 1. The van der Waals surface area contributed by atoms with Crippen molar-refractivity contribution in [3.8, 4) is 11.3 Å². The zero-order valence-corrected chi connectivity index (χ0v) is 12.3. The molecule has 1 saturated heterocycles. The largest absolute Gasteiger partial charge is 0.341 e. The second-order valence-electron chi connectivity index (χ2n) is 5.18. The van der Waals surface area contributed by atoms with Crippen LogP contribution in [0.4, 0.5) is 5.95 Å². The Bertz CT molecular complexity index is 587. The Morgan fingerprint density at radius 2 is 1.85 bits per heavy atom. The predicted octanol–water partition coefficient (Wildman–Crippen LogP) is 2.91. The van der Waals surface area contributed by atoms with Crippen molar-refractivity contribution in [3.05, 3.63) is 23.6 Å². The van der Waals surface area contributed by atoms with Gasteiger partial charge in [-0.3, -0.25) is 4.68 Å². The first-order chi connectivity index (χ1) is 9.72. The van der Waals surface area contributed by atoms with E-state index < -0.39 is 0 Å². The zero-order valence-electron chi connectivity index (χ0n) is 11.6. The SMILES string of the molecule is Cn1cc(-c2cc(Cl)nc(N3CCCCCC3)n2)cn1. The molecule has 0 saturated carbocycles. The van der Waals surface area contributed by atoms with E-state index in [4.69, 9.17) is 11.6 Å². The van der Waals surface area contributed by atoms with Crippen molar-refractivity contribution < 1.29 is 0 Å². The number of hydrogen-bond donors (Lipinski definition) is 0. The molecule has 0 aliphatic carbocycles. The number of hydrogen-bond acceptors (Lipinski definition) is 4. The first-order valence-electron chi connectivity index (χ1n) is 7.01. The Balaban J connectivity index is 1.93. The maximum atomic E-state index is 6.16. The molecular weight excluding hydrogens is 274 g/mol. The summed E-state index contributed by atoms with van der Waals surface area (Å²) in [5.41, 5.74) is 1.80. The zero-order chi connectivity index (χ0) is 13.9. The molecular formula is C14H18ClN5. The lowest BCUT2D eigenvalue weighted by molar-refractivity contribution is 0.726. The summed E-state index contributed by atoms with van der Waals surface area (Å²) in [6.45, 7) is 2.01. The lowest BCUT2D eigenvalue weighted by Gasteiger charge is -2.20. The third-order valence-electron chi connectivity index (χ3n) is 3.57. The fourth-order valence-electron chi connectivity index (χ4n) is 2.52. The van der Waals surface area contributed by atoms with Crippen LogP contribution in [-0.4, -0.2) is 32.8 Å². The Hall–Kier alpha value is -1.62. The second-order valence-corrected chi connectivity index (χ2v) is 5.57. The number of halogens is 1. The summed E-state index contributed by atoms with van der Waals surface area (Å²) in [4.78, 5) is 11.3. The van der Waals surface area contributed by atoms with Crippen LogP contribution in [0.1, 0.15) is 25.7 Å². The summed E-state index contributed by atoms with van der Waals surface area (Å²) in [7, 11) is 1.89. The Morgan fingerprint density at radius 1 is 1.10 bits per heavy atom. The van der Waals surface area contributed by atoms with E-state index in [-0.39, 0.29) is 0 Å². The van der Waals surface area contributed by atoms with Crippen molar-refractivity contribution in [2.45, 2.75) is 25.7 Å². The van der Waals surface area contributed by atoms with Crippen molar-refractivity contribution in [1.29, 1.82) is 0 Å². The minimum absolute atomic E-state index is 0.484. The predicted molar refractivity (Wildman–Crippen MR) is 79.9 cm³/mol. The molecule has 2 aromatic rings. The maximum absolute atomic E-state index is 6.16. The van der Waals surface area contributed by atoms with E-state index in [2.05, 4.69) is 20.0 Å². The van der Waals surface area contributed by atoms with Crippen LogP contribution < -0.4 is 4.90 Å². The van der Waals surface area contributed by atoms with Gasteiger partial charge >= 0.3 is 0 Å². The van der Waals surface area contributed by atoms with Gasteiger partial charge in [0.1, 0.15) is 5.15 Å². The molecule has 0 bridgehead atoms. The summed E-state index contributed by atoms with van der Waals surface area (Å²) in [5, 5.41) is 4.66. The Morgan fingerprint density at radius 3 is 2.50 bits per heavy atom. The van der Waals surface area contributed by atoms with Gasteiger partial charge in [-0.2, -0.15) is 5.10 Å². The standard InChI is InChI=1S/C14H18ClN5/c1-19-10-11(9-16-19)12-8-13(15)18-14(17-12)20-6-4-2-3-5-7-20/h8-10H,2-7H2,1H3. The molecule has 0 unspecified atom stereocenters. The quantitative estimate of drug-likeness (QED) is 0.798. The van der Waals surface area contributed by atoms with Gasteiger partial charge in [0.05, 0.1) is 11.9 Å². The van der Waals surface area contributed by atoms with Crippen LogP contribution in [0.25, 0.3) is 11.3 Å². The summed E-state index contributed by atoms with van der Waals surface area (Å²) < 4.78 is 1.76. The van der Waals surface area contributed by atoms with E-state index in [1.54, 1.807) is 16.9 Å². The second kappa shape index (κ2) is 5.79. The summed E-state index contributed by atoms with van der Waals surface area (Å²) in [6.07, 6.45) is 8.69. The smallest absolute Gasteiger partial charge is 0.227 e. The molecule has 0 radical (unpaired) electrons. The van der Waals surface area contributed by atoms with Gasteiger partial charge in [-0.1, -0.05) is 24.4 Å². The van der Waals surface area contributed by atoms with Crippen molar-refractivity contribution in [3.63, 3.8) is 0 Å². The first kappa shape index (κ1) is 13.4. The third kappa shape index (κ3) is 2.93. The molecule has 5 nitrogen and oxygen atoms in total. The van der Waals surface area contributed by atoms with Crippen molar-refractivity contribution >= 4 is 17.5 Å². The summed E-state index contributed by atoms with van der Waals surface area (Å²) >= 11 is 6.16. The molecule has 2 aromatic heterocycles. The van der Waals surface area contributed by atoms with Crippen LogP contribution in [0.2, 0.25) is 5.15 Å². The molecule has 1 aliphatic heterocycles. The normalized spacial score (nSPS) is 16.2. The van der Waals surface area contributed by atoms with E-state index in [9.17, 15) is 0 Å². The van der Waals surface area contributed by atoms with Gasteiger partial charge in [-0.25, -0.2) is 9.97 Å². The Kier molecular flexibility index (Phi) is 3.87. The van der Waals surface area contributed by atoms with Crippen molar-refractivity contribution in [2.75, 3.05) is 18.0 Å². The lowest BCUT2D eigenvalue weighted by atomic mass is 10.2. The average Bonchev–Trinajstić information content (AvgIpc) is 2.71. The molecule has 0 amide bonds. The molecule has 1 aliphatic rings. The topological polar surface area (TPSA) is 46.8 Å². The van der Waals surface area contributed by atoms with Gasteiger partial charge in [0.2, 0.25) is 5.95 Å². The molecule has 0 N–H and O–H groups in total. The van der Waals surface area contributed by atoms with E-state index in [1.165, 1.54) is 25.7 Å². The van der Waals surface area contributed by atoms with Gasteiger partial charge in [-0.15, -0.1) is 0 Å². The molecule has 6 heteroatoms. The summed E-state index contributed by atoms with van der Waals surface area (Å²) in [5.74, 6) is 0.734. The lowest BCUT2D eigenvalue weighted by Crippen LogP contribution is -2.26. The number of aromatic nitrogens is 4. The van der Waals surface area contributed by atoms with Gasteiger partial charge in [0.15, 0.2) is 0 Å². The van der Waals surface area contributed by atoms with Crippen LogP contribution in [0.3, 0.4) is 0 Å². The van der Waals surface area contributed by atoms with Crippen LogP contribution in [0, 0.1) is 0 Å².